The predicted octanol–water partition coefficient (Wildman–Crippen LogP) is 4.59. The monoisotopic (exact) mass is 463 g/mol. The van der Waals surface area contributed by atoms with E-state index in [1.54, 1.807) is 6.20 Å². The second kappa shape index (κ2) is 9.64. The van der Waals surface area contributed by atoms with Crippen LogP contribution in [0.4, 0.5) is 33.6 Å². The van der Waals surface area contributed by atoms with E-state index in [2.05, 4.69) is 48.7 Å². The Hall–Kier alpha value is -3.36. The van der Waals surface area contributed by atoms with Crippen LogP contribution in [0.3, 0.4) is 0 Å². The fourth-order valence-corrected chi connectivity index (χ4v) is 4.31. The Morgan fingerprint density at radius 1 is 1.03 bits per heavy atom. The number of piperidine rings is 1. The Morgan fingerprint density at radius 2 is 1.88 bits per heavy atom. The fourth-order valence-electron chi connectivity index (χ4n) is 4.17. The normalized spacial score (nSPS) is 15.7. The van der Waals surface area contributed by atoms with E-state index in [1.807, 2.05) is 30.3 Å². The molecule has 0 unspecified atom stereocenters. The highest BCUT2D eigenvalue weighted by Crippen LogP contribution is 2.29. The maximum absolute atomic E-state index is 12.7. The quantitative estimate of drug-likeness (QED) is 0.381. The zero-order valence-electron chi connectivity index (χ0n) is 18.1. The summed E-state index contributed by atoms with van der Waals surface area (Å²) < 4.78 is 0. The Kier molecular flexibility index (Phi) is 6.28. The molecule has 33 heavy (non-hydrogen) atoms. The van der Waals surface area contributed by atoms with Crippen LogP contribution in [0.15, 0.2) is 48.7 Å². The van der Waals surface area contributed by atoms with Crippen molar-refractivity contribution in [2.45, 2.75) is 31.7 Å². The van der Waals surface area contributed by atoms with Crippen LogP contribution < -0.4 is 26.6 Å². The molecule has 1 aromatic heterocycles. The second-order valence-electron chi connectivity index (χ2n) is 8.34. The molecular weight excluding hydrogens is 438 g/mol. The summed E-state index contributed by atoms with van der Waals surface area (Å²) in [4.78, 5) is 21.5. The van der Waals surface area contributed by atoms with Crippen molar-refractivity contribution in [3.8, 4) is 0 Å². The molecule has 2 aliphatic rings. The molecule has 5 N–H and O–H groups in total. The van der Waals surface area contributed by atoms with Crippen LogP contribution in [0.25, 0.3) is 0 Å². The standard InChI is InChI=1S/C24H26ClN7O/c25-20-14-27-23-29-18-3-1-2-15(12-18)4-5-16-13-19(28-22(20)32-23)6-7-21(16)31-24(33)30-17-8-10-26-11-9-17/h1-3,6-7,12-14,17,26H,4-5,8-11H2,(H2,30,31,33)(H2,27,28,29,32). The van der Waals surface area contributed by atoms with Crippen molar-refractivity contribution < 1.29 is 4.79 Å². The van der Waals surface area contributed by atoms with E-state index in [-0.39, 0.29) is 12.1 Å². The molecule has 6 bridgehead atoms. The van der Waals surface area contributed by atoms with Gasteiger partial charge in [-0.15, -0.1) is 0 Å². The number of hydrogen-bond donors (Lipinski definition) is 5. The summed E-state index contributed by atoms with van der Waals surface area (Å²) in [6.45, 7) is 1.86. The van der Waals surface area contributed by atoms with Crippen LogP contribution in [-0.2, 0) is 12.8 Å². The van der Waals surface area contributed by atoms with Gasteiger partial charge in [0.1, 0.15) is 5.02 Å². The first-order valence-electron chi connectivity index (χ1n) is 11.2. The summed E-state index contributed by atoms with van der Waals surface area (Å²) in [6, 6.07) is 14.1. The highest BCUT2D eigenvalue weighted by atomic mass is 35.5. The van der Waals surface area contributed by atoms with Crippen molar-refractivity contribution in [1.82, 2.24) is 20.6 Å². The molecule has 3 heterocycles. The summed E-state index contributed by atoms with van der Waals surface area (Å²) in [6.07, 6.45) is 5.04. The van der Waals surface area contributed by atoms with Crippen molar-refractivity contribution in [3.63, 3.8) is 0 Å². The Bertz CT molecular complexity index is 1160. The lowest BCUT2D eigenvalue weighted by molar-refractivity contribution is 0.245. The van der Waals surface area contributed by atoms with Gasteiger partial charge in [0.05, 0.1) is 6.20 Å². The van der Waals surface area contributed by atoms with E-state index in [4.69, 9.17) is 11.6 Å². The van der Waals surface area contributed by atoms with Gasteiger partial charge in [0.15, 0.2) is 5.82 Å². The third-order valence-electron chi connectivity index (χ3n) is 5.90. The highest BCUT2D eigenvalue weighted by molar-refractivity contribution is 6.32. The number of hydrogen-bond acceptors (Lipinski definition) is 6. The molecule has 0 spiro atoms. The van der Waals surface area contributed by atoms with E-state index in [9.17, 15) is 4.79 Å². The van der Waals surface area contributed by atoms with E-state index < -0.39 is 0 Å². The minimum absolute atomic E-state index is 0.170. The number of aromatic nitrogens is 2. The van der Waals surface area contributed by atoms with Crippen molar-refractivity contribution in [1.29, 1.82) is 0 Å². The molecule has 0 radical (unpaired) electrons. The Balaban J connectivity index is 1.43. The molecule has 1 saturated heterocycles. The van der Waals surface area contributed by atoms with Gasteiger partial charge in [-0.25, -0.2) is 9.78 Å². The van der Waals surface area contributed by atoms with Crippen LogP contribution >= 0.6 is 11.6 Å². The predicted molar refractivity (Wildman–Crippen MR) is 132 cm³/mol. The van der Waals surface area contributed by atoms with Gasteiger partial charge < -0.3 is 26.6 Å². The van der Waals surface area contributed by atoms with Gasteiger partial charge in [-0.1, -0.05) is 23.7 Å². The minimum atomic E-state index is -0.170. The average molecular weight is 464 g/mol. The van der Waals surface area contributed by atoms with E-state index in [0.717, 1.165) is 61.4 Å². The van der Waals surface area contributed by atoms with Crippen molar-refractivity contribution >= 4 is 46.5 Å². The number of fused-ring (bicyclic) bond motifs is 6. The van der Waals surface area contributed by atoms with Crippen molar-refractivity contribution in [2.24, 2.45) is 0 Å². The number of halogens is 1. The third kappa shape index (κ3) is 5.35. The van der Waals surface area contributed by atoms with Gasteiger partial charge in [0.25, 0.3) is 0 Å². The van der Waals surface area contributed by atoms with Gasteiger partial charge in [-0.05, 0) is 80.2 Å². The number of amides is 2. The summed E-state index contributed by atoms with van der Waals surface area (Å²) in [7, 11) is 0. The molecule has 5 rings (SSSR count). The topological polar surface area (TPSA) is 103 Å². The molecular formula is C24H26ClN7O. The lowest BCUT2D eigenvalue weighted by Gasteiger charge is -2.24. The van der Waals surface area contributed by atoms with Crippen LogP contribution in [-0.4, -0.2) is 35.1 Å². The number of urea groups is 1. The summed E-state index contributed by atoms with van der Waals surface area (Å²) in [5, 5.41) is 16.4. The van der Waals surface area contributed by atoms with E-state index in [0.29, 0.717) is 16.8 Å². The van der Waals surface area contributed by atoms with Crippen LogP contribution in [0, 0.1) is 0 Å². The molecule has 1 fully saturated rings. The largest absolute Gasteiger partial charge is 0.339 e. The zero-order valence-corrected chi connectivity index (χ0v) is 18.9. The number of rotatable bonds is 2. The fraction of sp³-hybridized carbons (Fsp3) is 0.292. The maximum atomic E-state index is 12.7. The summed E-state index contributed by atoms with van der Waals surface area (Å²) in [5.74, 6) is 0.978. The molecule has 0 aliphatic carbocycles. The van der Waals surface area contributed by atoms with Gasteiger partial charge in [0, 0.05) is 23.1 Å². The number of anilines is 5. The van der Waals surface area contributed by atoms with E-state index >= 15 is 0 Å². The summed E-state index contributed by atoms with van der Waals surface area (Å²) >= 11 is 6.34. The van der Waals surface area contributed by atoms with Gasteiger partial charge in [0.2, 0.25) is 5.95 Å². The highest BCUT2D eigenvalue weighted by Gasteiger charge is 2.17. The first-order valence-corrected chi connectivity index (χ1v) is 11.6. The maximum Gasteiger partial charge on any atom is 0.319 e. The summed E-state index contributed by atoms with van der Waals surface area (Å²) in [5.41, 5.74) is 4.75. The Morgan fingerprint density at radius 3 is 2.76 bits per heavy atom. The SMILES string of the molecule is O=C(Nc1ccc2cc1CCc1cccc(c1)Nc1ncc(Cl)c(n1)N2)NC1CCNCC1. The number of carbonyl (C=O) groups is 1. The zero-order chi connectivity index (χ0) is 22.6. The molecule has 3 aromatic rings. The number of carbonyl (C=O) groups excluding carboxylic acids is 1. The van der Waals surface area contributed by atoms with Crippen LogP contribution in [0.2, 0.25) is 5.02 Å². The lowest BCUT2D eigenvalue weighted by Crippen LogP contribution is -2.44. The van der Waals surface area contributed by atoms with Crippen molar-refractivity contribution in [2.75, 3.05) is 29.0 Å². The molecule has 0 saturated carbocycles. The lowest BCUT2D eigenvalue weighted by atomic mass is 10.0. The molecule has 170 valence electrons. The number of nitrogens with zero attached hydrogens (tertiary/aromatic N) is 2. The second-order valence-corrected chi connectivity index (χ2v) is 8.74. The van der Waals surface area contributed by atoms with Crippen molar-refractivity contribution in [3.05, 3.63) is 64.8 Å². The van der Waals surface area contributed by atoms with Crippen LogP contribution in [0.1, 0.15) is 24.0 Å². The molecule has 2 amide bonds. The molecule has 8 nitrogen and oxygen atoms in total. The third-order valence-corrected chi connectivity index (χ3v) is 6.18. The molecule has 9 heteroatoms. The van der Waals surface area contributed by atoms with Gasteiger partial charge in [-0.3, -0.25) is 0 Å². The molecule has 0 atom stereocenters. The van der Waals surface area contributed by atoms with E-state index in [1.165, 1.54) is 5.56 Å². The number of nitrogens with one attached hydrogen (secondary N) is 5. The first-order chi connectivity index (χ1) is 16.1. The molecule has 2 aliphatic heterocycles. The average Bonchev–Trinajstić information content (AvgIpc) is 2.82. The number of aryl methyl sites for hydroxylation is 2. The Labute approximate surface area is 197 Å². The van der Waals surface area contributed by atoms with Crippen LogP contribution in [0.5, 0.6) is 0 Å². The minimum Gasteiger partial charge on any atom is -0.339 e. The van der Waals surface area contributed by atoms with Gasteiger partial charge in [-0.2, -0.15) is 4.98 Å². The van der Waals surface area contributed by atoms with Gasteiger partial charge >= 0.3 is 6.03 Å². The number of benzene rings is 2. The molecule has 2 aromatic carbocycles. The smallest absolute Gasteiger partial charge is 0.319 e. The first kappa shape index (κ1) is 21.5.